The number of carbonyl (C=O) groups excluding carboxylic acids is 2. The van der Waals surface area contributed by atoms with Crippen molar-refractivity contribution in [2.24, 2.45) is 0 Å². The van der Waals surface area contributed by atoms with Crippen LogP contribution in [0.5, 0.6) is 0 Å². The first-order valence-electron chi connectivity index (χ1n) is 8.21. The molecule has 1 atom stereocenters. The molecule has 2 aromatic rings. The van der Waals surface area contributed by atoms with Gasteiger partial charge in [0.1, 0.15) is 5.56 Å². The Hall–Kier alpha value is -3.22. The Morgan fingerprint density at radius 3 is 2.69 bits per heavy atom. The van der Waals surface area contributed by atoms with E-state index in [-0.39, 0.29) is 23.2 Å². The molecule has 7 heteroatoms. The van der Waals surface area contributed by atoms with Crippen LogP contribution in [0.1, 0.15) is 28.4 Å². The molecule has 0 saturated heterocycles. The molecule has 2 aromatic carbocycles. The first-order valence-corrected chi connectivity index (χ1v) is 8.21. The third kappa shape index (κ3) is 3.15. The summed E-state index contributed by atoms with van der Waals surface area (Å²) in [5.41, 5.74) is 1.77. The zero-order valence-electron chi connectivity index (χ0n) is 14.5. The summed E-state index contributed by atoms with van der Waals surface area (Å²) >= 11 is 0. The highest BCUT2D eigenvalue weighted by Crippen LogP contribution is 2.32. The highest BCUT2D eigenvalue weighted by atomic mass is 16.6. The number of carbonyl (C=O) groups is 2. The summed E-state index contributed by atoms with van der Waals surface area (Å²) in [6, 6.07) is 11.9. The largest absolute Gasteiger partial charge is 0.452 e. The van der Waals surface area contributed by atoms with Gasteiger partial charge in [0.15, 0.2) is 6.61 Å². The van der Waals surface area contributed by atoms with Gasteiger partial charge in [-0.1, -0.05) is 30.3 Å². The lowest BCUT2D eigenvalue weighted by atomic mass is 10.1. The molecule has 0 spiro atoms. The standard InChI is InChI=1S/C19H18N2O5/c1-12-6-5-8-15(18(12)21(24)25)19(23)26-11-17(22)20-13(2)10-14-7-3-4-9-16(14)20/h3-9,13H,10-11H2,1-2H3/t13-/m1/s1. The van der Waals surface area contributed by atoms with Crippen LogP contribution in [0.4, 0.5) is 11.4 Å². The maximum atomic E-state index is 12.6. The zero-order chi connectivity index (χ0) is 18.8. The molecule has 1 amide bonds. The van der Waals surface area contributed by atoms with Crippen molar-refractivity contribution < 1.29 is 19.2 Å². The van der Waals surface area contributed by atoms with Gasteiger partial charge in [-0.05, 0) is 38.0 Å². The van der Waals surface area contributed by atoms with E-state index >= 15 is 0 Å². The second-order valence-electron chi connectivity index (χ2n) is 6.25. The summed E-state index contributed by atoms with van der Waals surface area (Å²) < 4.78 is 5.08. The fraction of sp³-hybridized carbons (Fsp3) is 0.263. The van der Waals surface area contributed by atoms with Crippen molar-refractivity contribution >= 4 is 23.3 Å². The van der Waals surface area contributed by atoms with Gasteiger partial charge in [-0.3, -0.25) is 14.9 Å². The van der Waals surface area contributed by atoms with E-state index in [9.17, 15) is 19.7 Å². The average Bonchev–Trinajstić information content (AvgIpc) is 2.94. The van der Waals surface area contributed by atoms with Crippen LogP contribution in [0.2, 0.25) is 0 Å². The minimum Gasteiger partial charge on any atom is -0.452 e. The van der Waals surface area contributed by atoms with Crippen LogP contribution in [0.25, 0.3) is 0 Å². The van der Waals surface area contributed by atoms with Crippen LogP contribution in [0.3, 0.4) is 0 Å². The molecule has 26 heavy (non-hydrogen) atoms. The quantitative estimate of drug-likeness (QED) is 0.478. The van der Waals surface area contributed by atoms with Gasteiger partial charge < -0.3 is 9.64 Å². The molecule has 0 aromatic heterocycles. The maximum absolute atomic E-state index is 12.6. The number of hydrogen-bond acceptors (Lipinski definition) is 5. The van der Waals surface area contributed by atoms with Crippen molar-refractivity contribution in [2.75, 3.05) is 11.5 Å². The van der Waals surface area contributed by atoms with Crippen molar-refractivity contribution in [3.8, 4) is 0 Å². The molecule has 7 nitrogen and oxygen atoms in total. The number of aryl methyl sites for hydroxylation is 1. The average molecular weight is 354 g/mol. The summed E-state index contributed by atoms with van der Waals surface area (Å²) in [4.78, 5) is 37.0. The molecule has 1 aliphatic heterocycles. The van der Waals surface area contributed by atoms with Crippen molar-refractivity contribution in [1.29, 1.82) is 0 Å². The van der Waals surface area contributed by atoms with E-state index in [1.807, 2.05) is 31.2 Å². The third-order valence-corrected chi connectivity index (χ3v) is 4.44. The lowest BCUT2D eigenvalue weighted by Crippen LogP contribution is -2.38. The van der Waals surface area contributed by atoms with Crippen LogP contribution in [-0.2, 0) is 16.0 Å². The zero-order valence-corrected chi connectivity index (χ0v) is 14.5. The van der Waals surface area contributed by atoms with Crippen molar-refractivity contribution in [2.45, 2.75) is 26.3 Å². The van der Waals surface area contributed by atoms with Crippen molar-refractivity contribution in [1.82, 2.24) is 0 Å². The van der Waals surface area contributed by atoms with Crippen molar-refractivity contribution in [3.63, 3.8) is 0 Å². The molecular formula is C19H18N2O5. The van der Waals surface area contributed by atoms with E-state index in [2.05, 4.69) is 0 Å². The first-order chi connectivity index (χ1) is 12.4. The predicted octanol–water partition coefficient (Wildman–Crippen LogP) is 3.04. The number of ether oxygens (including phenoxy) is 1. The minimum atomic E-state index is -0.881. The Labute approximate surface area is 150 Å². The van der Waals surface area contributed by atoms with E-state index in [0.29, 0.717) is 5.56 Å². The highest BCUT2D eigenvalue weighted by molar-refractivity contribution is 6.00. The number of nitrogens with zero attached hydrogens (tertiary/aromatic N) is 2. The number of rotatable bonds is 4. The lowest BCUT2D eigenvalue weighted by Gasteiger charge is -2.22. The SMILES string of the molecule is Cc1cccc(C(=O)OCC(=O)N2c3ccccc3C[C@H]2C)c1[N+](=O)[O-]. The molecule has 1 aliphatic rings. The van der Waals surface area contributed by atoms with Crippen LogP contribution < -0.4 is 4.90 Å². The number of anilines is 1. The van der Waals surface area contributed by atoms with Gasteiger partial charge in [-0.25, -0.2) is 4.79 Å². The number of benzene rings is 2. The molecule has 3 rings (SSSR count). The minimum absolute atomic E-state index is 0.0353. The maximum Gasteiger partial charge on any atom is 0.345 e. The van der Waals surface area contributed by atoms with Gasteiger partial charge in [-0.2, -0.15) is 0 Å². The number of nitro groups is 1. The van der Waals surface area contributed by atoms with Crippen molar-refractivity contribution in [3.05, 3.63) is 69.3 Å². The molecule has 1 heterocycles. The Morgan fingerprint density at radius 2 is 1.96 bits per heavy atom. The molecule has 0 radical (unpaired) electrons. The smallest absolute Gasteiger partial charge is 0.345 e. The van der Waals surface area contributed by atoms with E-state index in [0.717, 1.165) is 17.7 Å². The first kappa shape index (κ1) is 17.6. The number of hydrogen-bond donors (Lipinski definition) is 0. The fourth-order valence-electron chi connectivity index (χ4n) is 3.29. The van der Waals surface area contributed by atoms with Crippen LogP contribution in [0.15, 0.2) is 42.5 Å². The Balaban J connectivity index is 1.74. The Kier molecular flexibility index (Phi) is 4.71. The van der Waals surface area contributed by atoms with E-state index < -0.39 is 17.5 Å². The second-order valence-corrected chi connectivity index (χ2v) is 6.25. The van der Waals surface area contributed by atoms with E-state index in [4.69, 9.17) is 4.74 Å². The highest BCUT2D eigenvalue weighted by Gasteiger charge is 2.31. The van der Waals surface area contributed by atoms with Gasteiger partial charge in [-0.15, -0.1) is 0 Å². The number of para-hydroxylation sites is 2. The molecular weight excluding hydrogens is 336 g/mol. The number of amides is 1. The fourth-order valence-corrected chi connectivity index (χ4v) is 3.29. The number of nitro benzene ring substituents is 1. The summed E-state index contributed by atoms with van der Waals surface area (Å²) in [7, 11) is 0. The van der Waals surface area contributed by atoms with Gasteiger partial charge in [0.05, 0.1) is 4.92 Å². The lowest BCUT2D eigenvalue weighted by molar-refractivity contribution is -0.385. The molecule has 0 saturated carbocycles. The molecule has 0 aliphatic carbocycles. The topological polar surface area (TPSA) is 89.8 Å². The Bertz CT molecular complexity index is 893. The predicted molar refractivity (Wildman–Crippen MR) is 95.2 cm³/mol. The Morgan fingerprint density at radius 1 is 1.23 bits per heavy atom. The van der Waals surface area contributed by atoms with E-state index in [1.165, 1.54) is 6.07 Å². The normalized spacial score (nSPS) is 15.5. The molecule has 0 bridgehead atoms. The molecule has 0 unspecified atom stereocenters. The second kappa shape index (κ2) is 6.95. The van der Waals surface area contributed by atoms with Crippen LogP contribution in [-0.4, -0.2) is 29.4 Å². The van der Waals surface area contributed by atoms with Gasteiger partial charge in [0.25, 0.3) is 11.6 Å². The van der Waals surface area contributed by atoms with E-state index in [1.54, 1.807) is 24.0 Å². The van der Waals surface area contributed by atoms with Crippen LogP contribution in [0, 0.1) is 17.0 Å². The summed E-state index contributed by atoms with van der Waals surface area (Å²) in [5.74, 6) is -1.24. The number of fused-ring (bicyclic) bond motifs is 1. The number of esters is 1. The summed E-state index contributed by atoms with van der Waals surface area (Å²) in [6.07, 6.45) is 0.735. The van der Waals surface area contributed by atoms with Gasteiger partial charge >= 0.3 is 5.97 Å². The van der Waals surface area contributed by atoms with Gasteiger partial charge in [0.2, 0.25) is 0 Å². The third-order valence-electron chi connectivity index (χ3n) is 4.44. The summed E-state index contributed by atoms with van der Waals surface area (Å²) in [6.45, 7) is 3.00. The summed E-state index contributed by atoms with van der Waals surface area (Å²) in [5, 5.41) is 11.2. The monoisotopic (exact) mass is 354 g/mol. The van der Waals surface area contributed by atoms with Crippen LogP contribution >= 0.6 is 0 Å². The molecule has 0 fully saturated rings. The molecule has 134 valence electrons. The van der Waals surface area contributed by atoms with Gasteiger partial charge in [0, 0.05) is 17.3 Å². The molecule has 0 N–H and O–H groups in total.